The van der Waals surface area contributed by atoms with Crippen LogP contribution in [0.5, 0.6) is 0 Å². The van der Waals surface area contributed by atoms with Gasteiger partial charge in [0.05, 0.1) is 17.4 Å². The predicted octanol–water partition coefficient (Wildman–Crippen LogP) is 2.21. The van der Waals surface area contributed by atoms with Gasteiger partial charge in [-0.1, -0.05) is 0 Å². The number of nitrogens with one attached hydrogen (secondary N) is 2. The van der Waals surface area contributed by atoms with E-state index in [1.54, 1.807) is 24.5 Å². The molecule has 0 spiro atoms. The van der Waals surface area contributed by atoms with Gasteiger partial charge in [0, 0.05) is 18.2 Å². The first-order valence-corrected chi connectivity index (χ1v) is 6.42. The number of carbonyl (C=O) groups is 2. The zero-order valence-corrected chi connectivity index (χ0v) is 11.0. The molecule has 2 aromatic rings. The molecule has 1 aromatic carbocycles. The maximum atomic E-state index is 11.6. The van der Waals surface area contributed by atoms with Crippen LogP contribution < -0.4 is 10.6 Å². The summed E-state index contributed by atoms with van der Waals surface area (Å²) >= 11 is 0. The topological polar surface area (TPSA) is 71.3 Å². The fourth-order valence-electron chi connectivity index (χ4n) is 2.32. The standard InChI is InChI=1S/C15H14N2O3/c1-9(7-11-3-2-6-20-11)16-10-4-5-12-13(8-10)15(19)17-14(12)18/h2-6,8-9,16H,7H2,1H3,(H,17,18,19). The Labute approximate surface area is 116 Å². The molecule has 1 unspecified atom stereocenters. The number of amides is 2. The van der Waals surface area contributed by atoms with Gasteiger partial charge in [0.25, 0.3) is 11.8 Å². The Bertz CT molecular complexity index is 662. The van der Waals surface area contributed by atoms with Crippen LogP contribution >= 0.6 is 0 Å². The highest BCUT2D eigenvalue weighted by Gasteiger charge is 2.26. The summed E-state index contributed by atoms with van der Waals surface area (Å²) in [4.78, 5) is 23.1. The molecule has 3 rings (SSSR count). The lowest BCUT2D eigenvalue weighted by Gasteiger charge is -2.14. The van der Waals surface area contributed by atoms with Crippen LogP contribution in [0, 0.1) is 0 Å². The normalized spacial score (nSPS) is 14.8. The highest BCUT2D eigenvalue weighted by Crippen LogP contribution is 2.21. The van der Waals surface area contributed by atoms with E-state index in [9.17, 15) is 9.59 Å². The Kier molecular flexibility index (Phi) is 3.02. The van der Waals surface area contributed by atoms with Crippen molar-refractivity contribution in [1.29, 1.82) is 0 Å². The largest absolute Gasteiger partial charge is 0.469 e. The zero-order chi connectivity index (χ0) is 14.1. The van der Waals surface area contributed by atoms with Gasteiger partial charge in [0.15, 0.2) is 0 Å². The smallest absolute Gasteiger partial charge is 0.259 e. The number of hydrogen-bond acceptors (Lipinski definition) is 4. The number of hydrogen-bond donors (Lipinski definition) is 2. The average Bonchev–Trinajstić information content (AvgIpc) is 2.99. The van der Waals surface area contributed by atoms with Crippen LogP contribution in [0.15, 0.2) is 41.0 Å². The molecular formula is C15H14N2O3. The van der Waals surface area contributed by atoms with E-state index < -0.39 is 0 Å². The average molecular weight is 270 g/mol. The minimum Gasteiger partial charge on any atom is -0.469 e. The Morgan fingerprint density at radius 1 is 1.20 bits per heavy atom. The summed E-state index contributed by atoms with van der Waals surface area (Å²) in [5.41, 5.74) is 1.66. The van der Waals surface area contributed by atoms with Crippen molar-refractivity contribution in [3.05, 3.63) is 53.5 Å². The van der Waals surface area contributed by atoms with Gasteiger partial charge in [0.1, 0.15) is 5.76 Å². The number of carbonyl (C=O) groups excluding carboxylic acids is 2. The van der Waals surface area contributed by atoms with Crippen molar-refractivity contribution < 1.29 is 14.0 Å². The van der Waals surface area contributed by atoms with E-state index in [-0.39, 0.29) is 17.9 Å². The van der Waals surface area contributed by atoms with Crippen LogP contribution in [-0.2, 0) is 6.42 Å². The Morgan fingerprint density at radius 3 is 2.75 bits per heavy atom. The maximum Gasteiger partial charge on any atom is 0.259 e. The second-order valence-corrected chi connectivity index (χ2v) is 4.87. The summed E-state index contributed by atoms with van der Waals surface area (Å²) in [5, 5.41) is 5.57. The summed E-state index contributed by atoms with van der Waals surface area (Å²) < 4.78 is 5.30. The van der Waals surface area contributed by atoms with Gasteiger partial charge in [-0.05, 0) is 37.3 Å². The molecule has 5 nitrogen and oxygen atoms in total. The number of fused-ring (bicyclic) bond motifs is 1. The fraction of sp³-hybridized carbons (Fsp3) is 0.200. The first-order chi connectivity index (χ1) is 9.63. The highest BCUT2D eigenvalue weighted by atomic mass is 16.3. The summed E-state index contributed by atoms with van der Waals surface area (Å²) in [6.45, 7) is 2.03. The quantitative estimate of drug-likeness (QED) is 0.835. The molecule has 102 valence electrons. The third kappa shape index (κ3) is 2.30. The van der Waals surface area contributed by atoms with Gasteiger partial charge < -0.3 is 9.73 Å². The molecule has 0 bridgehead atoms. The SMILES string of the molecule is CC(Cc1ccco1)Nc1ccc2c(c1)C(=O)NC2=O. The van der Waals surface area contributed by atoms with E-state index in [4.69, 9.17) is 4.42 Å². The summed E-state index contributed by atoms with van der Waals surface area (Å²) in [7, 11) is 0. The molecule has 1 aliphatic heterocycles. The number of rotatable bonds is 4. The van der Waals surface area contributed by atoms with Crippen LogP contribution in [0.25, 0.3) is 0 Å². The van der Waals surface area contributed by atoms with E-state index in [1.807, 2.05) is 19.1 Å². The molecule has 0 saturated heterocycles. The Hall–Kier alpha value is -2.56. The first kappa shape index (κ1) is 12.5. The van der Waals surface area contributed by atoms with Gasteiger partial charge >= 0.3 is 0 Å². The van der Waals surface area contributed by atoms with Crippen molar-refractivity contribution in [3.8, 4) is 0 Å². The van der Waals surface area contributed by atoms with Gasteiger partial charge in [-0.15, -0.1) is 0 Å². The second-order valence-electron chi connectivity index (χ2n) is 4.87. The third-order valence-electron chi connectivity index (χ3n) is 3.24. The van der Waals surface area contributed by atoms with Gasteiger partial charge in [-0.25, -0.2) is 0 Å². The van der Waals surface area contributed by atoms with Gasteiger partial charge in [0.2, 0.25) is 0 Å². The van der Waals surface area contributed by atoms with Crippen molar-refractivity contribution in [3.63, 3.8) is 0 Å². The molecule has 2 heterocycles. The third-order valence-corrected chi connectivity index (χ3v) is 3.24. The summed E-state index contributed by atoms with van der Waals surface area (Å²) in [6.07, 6.45) is 2.39. The van der Waals surface area contributed by atoms with Crippen molar-refractivity contribution >= 4 is 17.5 Å². The molecule has 1 aliphatic rings. The second kappa shape index (κ2) is 4.85. The molecule has 2 N–H and O–H groups in total. The van der Waals surface area contributed by atoms with Crippen LogP contribution in [0.1, 0.15) is 33.4 Å². The van der Waals surface area contributed by atoms with Crippen LogP contribution in [-0.4, -0.2) is 17.9 Å². The van der Waals surface area contributed by atoms with Crippen LogP contribution in [0.3, 0.4) is 0 Å². The molecule has 0 saturated carbocycles. The summed E-state index contributed by atoms with van der Waals surface area (Å²) in [6, 6.07) is 9.10. The van der Waals surface area contributed by atoms with E-state index in [0.717, 1.165) is 17.9 Å². The molecule has 20 heavy (non-hydrogen) atoms. The molecule has 0 aliphatic carbocycles. The molecule has 2 amide bonds. The van der Waals surface area contributed by atoms with Crippen LogP contribution in [0.4, 0.5) is 5.69 Å². The summed E-state index contributed by atoms with van der Waals surface area (Å²) in [5.74, 6) is 0.228. The molecule has 0 fully saturated rings. The number of imide groups is 1. The molecule has 1 aromatic heterocycles. The zero-order valence-electron chi connectivity index (χ0n) is 11.0. The monoisotopic (exact) mass is 270 g/mol. The van der Waals surface area contributed by atoms with Crippen molar-refractivity contribution in [2.24, 2.45) is 0 Å². The molecule has 0 radical (unpaired) electrons. The van der Waals surface area contributed by atoms with Crippen molar-refractivity contribution in [2.75, 3.05) is 5.32 Å². The lowest BCUT2D eigenvalue weighted by atomic mass is 10.1. The number of furan rings is 1. The van der Waals surface area contributed by atoms with E-state index >= 15 is 0 Å². The highest BCUT2D eigenvalue weighted by molar-refractivity contribution is 6.21. The van der Waals surface area contributed by atoms with Crippen LogP contribution in [0.2, 0.25) is 0 Å². The van der Waals surface area contributed by atoms with E-state index in [2.05, 4.69) is 10.6 Å². The molecular weight excluding hydrogens is 256 g/mol. The van der Waals surface area contributed by atoms with Crippen molar-refractivity contribution in [1.82, 2.24) is 5.32 Å². The lowest BCUT2D eigenvalue weighted by molar-refractivity contribution is 0.0879. The fourth-order valence-corrected chi connectivity index (χ4v) is 2.32. The lowest BCUT2D eigenvalue weighted by Crippen LogP contribution is -2.20. The van der Waals surface area contributed by atoms with E-state index in [0.29, 0.717) is 11.1 Å². The van der Waals surface area contributed by atoms with Gasteiger partial charge in [-0.3, -0.25) is 14.9 Å². The Morgan fingerprint density at radius 2 is 2.00 bits per heavy atom. The van der Waals surface area contributed by atoms with Gasteiger partial charge in [-0.2, -0.15) is 0 Å². The van der Waals surface area contributed by atoms with E-state index in [1.165, 1.54) is 0 Å². The Balaban J connectivity index is 1.74. The first-order valence-electron chi connectivity index (χ1n) is 6.42. The maximum absolute atomic E-state index is 11.6. The molecule has 5 heteroatoms. The predicted molar refractivity (Wildman–Crippen MR) is 73.7 cm³/mol. The molecule has 1 atom stereocenters. The number of benzene rings is 1. The number of anilines is 1. The van der Waals surface area contributed by atoms with Crippen molar-refractivity contribution in [2.45, 2.75) is 19.4 Å². The minimum atomic E-state index is -0.340. The minimum absolute atomic E-state index is 0.152.